The maximum absolute atomic E-state index is 12.8. The normalized spacial score (nSPS) is 22.2. The summed E-state index contributed by atoms with van der Waals surface area (Å²) >= 11 is 0. The number of allylic oxidation sites excluding steroid dienone is 2. The van der Waals surface area contributed by atoms with Gasteiger partial charge in [-0.05, 0) is 56.4 Å². The van der Waals surface area contributed by atoms with Gasteiger partial charge in [0.15, 0.2) is 5.16 Å². The molecule has 0 saturated heterocycles. The number of alkyl carbamates (subject to hydrolysis) is 1. The van der Waals surface area contributed by atoms with E-state index in [-0.39, 0.29) is 12.5 Å². The number of hydrogen-bond donors (Lipinski definition) is 1. The summed E-state index contributed by atoms with van der Waals surface area (Å²) in [6, 6.07) is 17.9. The van der Waals surface area contributed by atoms with Crippen LogP contribution in [0.25, 0.3) is 11.1 Å². The van der Waals surface area contributed by atoms with E-state index in [1.807, 2.05) is 75.4 Å². The van der Waals surface area contributed by atoms with Gasteiger partial charge in [-0.15, -0.1) is 0 Å². The molecular formula is C26H33NO4P+. The summed E-state index contributed by atoms with van der Waals surface area (Å²) in [4.78, 5) is 12.8. The third kappa shape index (κ3) is 5.28. The van der Waals surface area contributed by atoms with Gasteiger partial charge in [0.25, 0.3) is 0 Å². The highest BCUT2D eigenvalue weighted by molar-refractivity contribution is 7.26. The number of benzene rings is 2. The first-order chi connectivity index (χ1) is 15.3. The van der Waals surface area contributed by atoms with Gasteiger partial charge in [-0.3, -0.25) is 5.32 Å². The Morgan fingerprint density at radius 2 is 1.88 bits per heavy atom. The van der Waals surface area contributed by atoms with E-state index in [4.69, 9.17) is 9.47 Å². The van der Waals surface area contributed by atoms with E-state index in [1.54, 1.807) is 7.11 Å². The van der Waals surface area contributed by atoms with Gasteiger partial charge < -0.3 is 9.47 Å². The highest BCUT2D eigenvalue weighted by Crippen LogP contribution is 2.51. The van der Waals surface area contributed by atoms with Crippen molar-refractivity contribution < 1.29 is 18.8 Å². The highest BCUT2D eigenvalue weighted by atomic mass is 31.1. The first kappa shape index (κ1) is 24.2. The molecule has 5 nitrogen and oxygen atoms in total. The topological polar surface area (TPSA) is 64.6 Å². The van der Waals surface area contributed by atoms with Crippen LogP contribution in [0.3, 0.4) is 0 Å². The zero-order valence-corrected chi connectivity index (χ0v) is 20.3. The molecule has 1 saturated carbocycles. The van der Waals surface area contributed by atoms with Crippen LogP contribution >= 0.6 is 8.46 Å². The number of carbonyl (C=O) groups excluding carboxylic acids is 1. The van der Waals surface area contributed by atoms with Gasteiger partial charge >= 0.3 is 14.6 Å². The summed E-state index contributed by atoms with van der Waals surface area (Å²) in [5.41, 5.74) is 3.15. The van der Waals surface area contributed by atoms with Crippen molar-refractivity contribution in [2.45, 2.75) is 57.5 Å². The molecule has 1 N–H and O–H groups in total. The molecule has 0 spiro atoms. The predicted molar refractivity (Wildman–Crippen MR) is 129 cm³/mol. The Labute approximate surface area is 192 Å². The minimum atomic E-state index is -0.990. The number of nitrogens with one attached hydrogen (secondary N) is 1. The fourth-order valence-electron chi connectivity index (χ4n) is 4.84. The Balaban J connectivity index is 1.74. The first-order valence-electron chi connectivity index (χ1n) is 11.0. The average Bonchev–Trinajstić information content (AvgIpc) is 3.22. The fraction of sp³-hybridized carbons (Fsp3) is 0.423. The molecule has 3 rings (SSSR count). The Morgan fingerprint density at radius 3 is 2.53 bits per heavy atom. The van der Waals surface area contributed by atoms with Crippen LogP contribution in [0.4, 0.5) is 4.79 Å². The number of methoxy groups -OCH3 is 1. The number of rotatable bonds is 8. The van der Waals surface area contributed by atoms with E-state index in [0.717, 1.165) is 41.5 Å². The monoisotopic (exact) mass is 454 g/mol. The predicted octanol–water partition coefficient (Wildman–Crippen LogP) is 6.47. The molecule has 32 heavy (non-hydrogen) atoms. The Bertz CT molecular complexity index is 973. The SMILES string of the molecule is COC(C)(NC(=O)OCc1ccccc1-c1ccccc1)C1CCCC1(C=C(C)C)[PH+]=O. The second-order valence-electron chi connectivity index (χ2n) is 8.84. The van der Waals surface area contributed by atoms with Crippen molar-refractivity contribution in [1.82, 2.24) is 5.32 Å². The number of hydrogen-bond acceptors (Lipinski definition) is 4. The van der Waals surface area contributed by atoms with Crippen LogP contribution in [0.1, 0.15) is 45.6 Å². The Morgan fingerprint density at radius 1 is 1.19 bits per heavy atom. The van der Waals surface area contributed by atoms with Crippen molar-refractivity contribution in [3.8, 4) is 11.1 Å². The first-order valence-corrected chi connectivity index (χ1v) is 11.9. The van der Waals surface area contributed by atoms with Gasteiger partial charge in [-0.2, -0.15) is 0 Å². The van der Waals surface area contributed by atoms with Crippen LogP contribution < -0.4 is 5.32 Å². The third-order valence-electron chi connectivity index (χ3n) is 6.34. The average molecular weight is 455 g/mol. The van der Waals surface area contributed by atoms with E-state index < -0.39 is 25.4 Å². The van der Waals surface area contributed by atoms with Gasteiger partial charge in [-0.1, -0.05) is 64.7 Å². The van der Waals surface area contributed by atoms with Gasteiger partial charge in [0.05, 0.1) is 5.92 Å². The lowest BCUT2D eigenvalue weighted by atomic mass is 9.84. The van der Waals surface area contributed by atoms with Crippen molar-refractivity contribution in [2.75, 3.05) is 7.11 Å². The molecule has 1 fully saturated rings. The van der Waals surface area contributed by atoms with E-state index in [1.165, 1.54) is 0 Å². The summed E-state index contributed by atoms with van der Waals surface area (Å²) in [5, 5.41) is 2.43. The molecular weight excluding hydrogens is 421 g/mol. The maximum atomic E-state index is 12.8. The van der Waals surface area contributed by atoms with Crippen molar-refractivity contribution in [3.05, 3.63) is 71.8 Å². The molecule has 0 radical (unpaired) electrons. The van der Waals surface area contributed by atoms with E-state index in [2.05, 4.69) is 11.4 Å². The molecule has 4 atom stereocenters. The van der Waals surface area contributed by atoms with Crippen molar-refractivity contribution in [3.63, 3.8) is 0 Å². The molecule has 0 heterocycles. The Hall–Kier alpha value is -2.49. The fourth-order valence-corrected chi connectivity index (χ4v) is 6.03. The van der Waals surface area contributed by atoms with E-state index in [9.17, 15) is 9.36 Å². The summed E-state index contributed by atoms with van der Waals surface area (Å²) in [6.07, 6.45) is 4.09. The Kier molecular flexibility index (Phi) is 7.86. The van der Waals surface area contributed by atoms with Gasteiger partial charge in [-0.25, -0.2) is 4.79 Å². The van der Waals surface area contributed by atoms with Crippen molar-refractivity contribution in [2.24, 2.45) is 5.92 Å². The van der Waals surface area contributed by atoms with Crippen LogP contribution in [0.15, 0.2) is 66.2 Å². The summed E-state index contributed by atoms with van der Waals surface area (Å²) in [5.74, 6) is -0.116. The molecule has 6 heteroatoms. The molecule has 1 amide bonds. The van der Waals surface area contributed by atoms with Crippen molar-refractivity contribution >= 4 is 14.6 Å². The molecule has 2 aromatic carbocycles. The lowest BCUT2D eigenvalue weighted by molar-refractivity contribution is -0.0703. The van der Waals surface area contributed by atoms with Gasteiger partial charge in [0, 0.05) is 13.5 Å². The molecule has 0 aromatic heterocycles. The van der Waals surface area contributed by atoms with Crippen LogP contribution in [-0.4, -0.2) is 24.1 Å². The van der Waals surface area contributed by atoms with E-state index >= 15 is 0 Å². The van der Waals surface area contributed by atoms with Crippen LogP contribution in [0.5, 0.6) is 0 Å². The second-order valence-corrected chi connectivity index (χ2v) is 9.98. The molecule has 0 aliphatic heterocycles. The summed E-state index contributed by atoms with van der Waals surface area (Å²) < 4.78 is 23.7. The van der Waals surface area contributed by atoms with Crippen LogP contribution in [-0.2, 0) is 20.6 Å². The smallest absolute Gasteiger partial charge is 0.409 e. The van der Waals surface area contributed by atoms with Gasteiger partial charge in [0.2, 0.25) is 0 Å². The zero-order chi connectivity index (χ0) is 23.2. The van der Waals surface area contributed by atoms with Crippen molar-refractivity contribution in [1.29, 1.82) is 0 Å². The van der Waals surface area contributed by atoms with Gasteiger partial charge in [0.1, 0.15) is 12.3 Å². The molecule has 4 unspecified atom stereocenters. The number of amides is 1. The molecule has 1 aliphatic rings. The molecule has 1 aliphatic carbocycles. The third-order valence-corrected chi connectivity index (χ3v) is 7.46. The number of carbonyl (C=O) groups is 1. The minimum absolute atomic E-state index is 0.116. The van der Waals surface area contributed by atoms with Crippen LogP contribution in [0, 0.1) is 5.92 Å². The summed E-state index contributed by atoms with van der Waals surface area (Å²) in [7, 11) is 1.06. The zero-order valence-electron chi connectivity index (χ0n) is 19.3. The quantitative estimate of drug-likeness (QED) is 0.282. The number of ether oxygens (including phenoxy) is 2. The lowest BCUT2D eigenvalue weighted by Gasteiger charge is -2.38. The minimum Gasteiger partial charge on any atom is -0.445 e. The largest absolute Gasteiger partial charge is 0.445 e. The maximum Gasteiger partial charge on any atom is 0.409 e. The molecule has 2 aromatic rings. The molecule has 0 bridgehead atoms. The second kappa shape index (κ2) is 10.4. The lowest BCUT2D eigenvalue weighted by Crippen LogP contribution is -2.57. The van der Waals surface area contributed by atoms with Crippen LogP contribution in [0.2, 0.25) is 0 Å². The molecule has 170 valence electrons. The standard InChI is InChI=1S/C26H32NO4P/c1-19(2)17-26(32-29)16-10-15-23(26)25(3,30-4)27-24(28)31-18-21-13-8-9-14-22(21)20-11-6-5-7-12-20/h5-9,11-14,17,23H,10,15-16,18H2,1-4H3,(H,27,28)/p+1. The van der Waals surface area contributed by atoms with E-state index in [0.29, 0.717) is 0 Å². The highest BCUT2D eigenvalue weighted by Gasteiger charge is 2.57. The summed E-state index contributed by atoms with van der Waals surface area (Å²) in [6.45, 7) is 6.00.